The van der Waals surface area contributed by atoms with Crippen LogP contribution in [-0.2, 0) is 5.60 Å². The lowest BCUT2D eigenvalue weighted by Gasteiger charge is -2.39. The van der Waals surface area contributed by atoms with Crippen LogP contribution in [0.3, 0.4) is 0 Å². The van der Waals surface area contributed by atoms with E-state index >= 15 is 0 Å². The van der Waals surface area contributed by atoms with Crippen molar-refractivity contribution in [1.82, 2.24) is 4.90 Å². The molecule has 158 valence electrons. The van der Waals surface area contributed by atoms with Crippen LogP contribution in [0.4, 0.5) is 0 Å². The SMILES string of the molecule is CC1(C)C[C@@H]2C[C@@](C)(CN2CC#CC[C@@](O)(c2ccccc2)c2ccccc2Br)C1. The zero-order valence-corrected chi connectivity index (χ0v) is 19.9. The topological polar surface area (TPSA) is 23.5 Å². The monoisotopic (exact) mass is 465 g/mol. The van der Waals surface area contributed by atoms with Gasteiger partial charge in [-0.15, -0.1) is 0 Å². The van der Waals surface area contributed by atoms with Crippen LogP contribution in [0.2, 0.25) is 0 Å². The van der Waals surface area contributed by atoms with Crippen molar-refractivity contribution in [1.29, 1.82) is 0 Å². The molecule has 0 radical (unpaired) electrons. The summed E-state index contributed by atoms with van der Waals surface area (Å²) in [4.78, 5) is 2.57. The summed E-state index contributed by atoms with van der Waals surface area (Å²) in [6.07, 6.45) is 4.23. The lowest BCUT2D eigenvalue weighted by atomic mass is 9.65. The lowest BCUT2D eigenvalue weighted by molar-refractivity contribution is 0.0857. The van der Waals surface area contributed by atoms with Crippen LogP contribution in [-0.4, -0.2) is 29.1 Å². The summed E-state index contributed by atoms with van der Waals surface area (Å²) in [5, 5.41) is 11.7. The van der Waals surface area contributed by atoms with Crippen LogP contribution in [0.1, 0.15) is 57.6 Å². The van der Waals surface area contributed by atoms with Crippen molar-refractivity contribution in [2.75, 3.05) is 13.1 Å². The molecule has 2 fully saturated rings. The van der Waals surface area contributed by atoms with Crippen molar-refractivity contribution in [3.63, 3.8) is 0 Å². The van der Waals surface area contributed by atoms with E-state index in [-0.39, 0.29) is 0 Å². The van der Waals surface area contributed by atoms with Crippen molar-refractivity contribution < 1.29 is 5.11 Å². The van der Waals surface area contributed by atoms with Gasteiger partial charge in [-0.2, -0.15) is 0 Å². The zero-order valence-electron chi connectivity index (χ0n) is 18.3. The van der Waals surface area contributed by atoms with Gasteiger partial charge in [0.25, 0.3) is 0 Å². The van der Waals surface area contributed by atoms with Crippen molar-refractivity contribution >= 4 is 15.9 Å². The molecule has 2 aliphatic rings. The third kappa shape index (κ3) is 4.37. The molecule has 1 saturated heterocycles. The van der Waals surface area contributed by atoms with E-state index in [0.29, 0.717) is 23.3 Å². The molecule has 3 heteroatoms. The summed E-state index contributed by atoms with van der Waals surface area (Å²) in [5.41, 5.74) is 1.44. The molecule has 0 unspecified atom stereocenters. The van der Waals surface area contributed by atoms with E-state index in [1.54, 1.807) is 0 Å². The van der Waals surface area contributed by atoms with Crippen LogP contribution in [0.15, 0.2) is 59.1 Å². The predicted molar refractivity (Wildman–Crippen MR) is 127 cm³/mol. The Labute approximate surface area is 189 Å². The number of halogens is 1. The normalized spacial score (nSPS) is 27.2. The number of aliphatic hydroxyl groups is 1. The molecule has 2 aromatic rings. The number of rotatable bonds is 4. The molecule has 2 nitrogen and oxygen atoms in total. The van der Waals surface area contributed by atoms with Gasteiger partial charge in [0.05, 0.1) is 6.54 Å². The smallest absolute Gasteiger partial charge is 0.127 e. The maximum Gasteiger partial charge on any atom is 0.127 e. The highest BCUT2D eigenvalue weighted by Gasteiger charge is 2.49. The first-order chi connectivity index (χ1) is 14.2. The predicted octanol–water partition coefficient (Wildman–Crippen LogP) is 5.98. The second kappa shape index (κ2) is 8.15. The fourth-order valence-corrected chi connectivity index (χ4v) is 6.59. The molecule has 0 amide bonds. The van der Waals surface area contributed by atoms with E-state index in [1.807, 2.05) is 54.6 Å². The van der Waals surface area contributed by atoms with E-state index in [2.05, 4.69) is 53.4 Å². The van der Waals surface area contributed by atoms with Gasteiger partial charge in [0, 0.05) is 29.0 Å². The first-order valence-corrected chi connectivity index (χ1v) is 11.7. The van der Waals surface area contributed by atoms with Gasteiger partial charge >= 0.3 is 0 Å². The maximum atomic E-state index is 11.7. The summed E-state index contributed by atoms with van der Waals surface area (Å²) in [6, 6.07) is 18.4. The highest BCUT2D eigenvalue weighted by molar-refractivity contribution is 9.10. The molecule has 0 aromatic heterocycles. The minimum atomic E-state index is -1.14. The maximum absolute atomic E-state index is 11.7. The van der Waals surface area contributed by atoms with Gasteiger partial charge in [-0.25, -0.2) is 0 Å². The van der Waals surface area contributed by atoms with Gasteiger partial charge in [0.15, 0.2) is 0 Å². The Bertz CT molecular complexity index is 960. The van der Waals surface area contributed by atoms with Crippen LogP contribution < -0.4 is 0 Å². The Morgan fingerprint density at radius 3 is 2.47 bits per heavy atom. The quantitative estimate of drug-likeness (QED) is 0.561. The molecule has 2 aromatic carbocycles. The number of likely N-dealkylation sites (tertiary alicyclic amines) is 1. The first kappa shape index (κ1) is 21.6. The molecule has 1 heterocycles. The number of hydrogen-bond donors (Lipinski definition) is 1. The Morgan fingerprint density at radius 1 is 1.03 bits per heavy atom. The van der Waals surface area contributed by atoms with E-state index < -0.39 is 5.60 Å². The van der Waals surface area contributed by atoms with E-state index in [9.17, 15) is 5.11 Å². The molecule has 1 aliphatic carbocycles. The summed E-state index contributed by atoms with van der Waals surface area (Å²) in [5.74, 6) is 6.73. The van der Waals surface area contributed by atoms with Crippen LogP contribution in [0, 0.1) is 22.7 Å². The van der Waals surface area contributed by atoms with Gasteiger partial charge in [0.1, 0.15) is 5.60 Å². The van der Waals surface area contributed by atoms with Gasteiger partial charge in [-0.05, 0) is 41.7 Å². The molecule has 3 atom stereocenters. The lowest BCUT2D eigenvalue weighted by Crippen LogP contribution is -2.34. The number of fused-ring (bicyclic) bond motifs is 2. The summed E-state index contributed by atoms with van der Waals surface area (Å²) in [7, 11) is 0. The van der Waals surface area contributed by atoms with Crippen molar-refractivity contribution in [3.8, 4) is 11.8 Å². The molecule has 4 rings (SSSR count). The average molecular weight is 466 g/mol. The Balaban J connectivity index is 1.53. The van der Waals surface area contributed by atoms with E-state index in [1.165, 1.54) is 19.3 Å². The Hall–Kier alpha value is -1.60. The van der Waals surface area contributed by atoms with E-state index in [4.69, 9.17) is 0 Å². The molecule has 1 aliphatic heterocycles. The fourth-order valence-electron chi connectivity index (χ4n) is 5.97. The van der Waals surface area contributed by atoms with Gasteiger partial charge < -0.3 is 5.11 Å². The fraction of sp³-hybridized carbons (Fsp3) is 0.481. The van der Waals surface area contributed by atoms with Gasteiger partial charge in [-0.1, -0.05) is 97.1 Å². The summed E-state index contributed by atoms with van der Waals surface area (Å²) in [6.45, 7) is 9.18. The second-order valence-electron chi connectivity index (χ2n) is 10.4. The number of benzene rings is 2. The van der Waals surface area contributed by atoms with Crippen molar-refractivity contribution in [2.45, 2.75) is 58.1 Å². The Kier molecular flexibility index (Phi) is 5.88. The molecule has 2 bridgehead atoms. The average Bonchev–Trinajstić information content (AvgIpc) is 2.94. The van der Waals surface area contributed by atoms with Crippen molar-refractivity contribution in [3.05, 3.63) is 70.2 Å². The molecular weight excluding hydrogens is 434 g/mol. The molecule has 30 heavy (non-hydrogen) atoms. The largest absolute Gasteiger partial charge is 0.379 e. The minimum absolute atomic E-state index is 0.376. The summed E-state index contributed by atoms with van der Waals surface area (Å²) >= 11 is 3.62. The minimum Gasteiger partial charge on any atom is -0.379 e. The standard InChI is InChI=1S/C27H32BrNO/c1-25(2)17-22-18-26(3,19-25)20-29(22)16-10-9-15-27(30,21-11-5-4-6-12-21)23-13-7-8-14-24(23)28/h4-8,11-14,22,30H,15-20H2,1-3H3/t22-,26-,27-/m1/s1. The number of hydrogen-bond acceptors (Lipinski definition) is 2. The highest BCUT2D eigenvalue weighted by atomic mass is 79.9. The van der Waals surface area contributed by atoms with Crippen LogP contribution in [0.25, 0.3) is 0 Å². The first-order valence-electron chi connectivity index (χ1n) is 10.9. The third-order valence-electron chi connectivity index (χ3n) is 6.85. The zero-order chi connectivity index (χ0) is 21.4. The Morgan fingerprint density at radius 2 is 1.73 bits per heavy atom. The summed E-state index contributed by atoms with van der Waals surface area (Å²) < 4.78 is 0.904. The second-order valence-corrected chi connectivity index (χ2v) is 11.2. The van der Waals surface area contributed by atoms with Crippen molar-refractivity contribution in [2.24, 2.45) is 10.8 Å². The third-order valence-corrected chi connectivity index (χ3v) is 7.54. The van der Waals surface area contributed by atoms with Gasteiger partial charge in [0.2, 0.25) is 0 Å². The molecule has 0 spiro atoms. The molecular formula is C27H32BrNO. The van der Waals surface area contributed by atoms with Crippen LogP contribution >= 0.6 is 15.9 Å². The van der Waals surface area contributed by atoms with Gasteiger partial charge in [-0.3, -0.25) is 4.90 Å². The van der Waals surface area contributed by atoms with Crippen LogP contribution in [0.5, 0.6) is 0 Å². The molecule has 1 saturated carbocycles. The highest BCUT2D eigenvalue weighted by Crippen LogP contribution is 2.52. The number of nitrogens with zero attached hydrogens (tertiary/aromatic N) is 1. The molecule has 1 N–H and O–H groups in total. The van der Waals surface area contributed by atoms with E-state index in [0.717, 1.165) is 28.7 Å².